The molecular formula is C46H53N4O9S3-. The standard InChI is InChI=1S/C46H54N4O9S3/c1-45(2)36-28-32(30-47-42(51)31-60-26-14-7-6-13-24-50-43(52)34-16-11-12-17-35(34)44(50)53)20-22-38(36)48(5)40(45)18-9-8-10-19-41-46(3,4)37-29-33(62(57,58)59)21-23-39(37)49(41)25-15-27-61(54,55)56/h8-12,16-23,28-29H,6-7,13-15,24-27,30-31H2,1-5H3,(H2-,47,51,54,55,56,57,58,59)/p-1. The van der Waals surface area contributed by atoms with Gasteiger partial charge in [0, 0.05) is 59.9 Å². The molecule has 3 aromatic carbocycles. The number of imide groups is 1. The van der Waals surface area contributed by atoms with Crippen molar-refractivity contribution in [3.63, 3.8) is 0 Å². The third-order valence-electron chi connectivity index (χ3n) is 11.8. The number of thioether (sulfide) groups is 1. The van der Waals surface area contributed by atoms with Crippen LogP contribution in [0.15, 0.2) is 102 Å². The van der Waals surface area contributed by atoms with Crippen molar-refractivity contribution in [2.75, 3.05) is 42.3 Å². The summed E-state index contributed by atoms with van der Waals surface area (Å²) in [5, 5.41) is 3.05. The molecule has 0 bridgehead atoms. The lowest BCUT2D eigenvalue weighted by molar-refractivity contribution is -0.401. The number of benzene rings is 3. The number of nitrogens with zero attached hydrogens (tertiary/aromatic N) is 3. The molecule has 0 spiro atoms. The highest BCUT2D eigenvalue weighted by atomic mass is 32.2. The number of carbonyl (C=O) groups is 3. The fraction of sp³-hybridized carbons (Fsp3) is 0.391. The first-order valence-corrected chi connectivity index (χ1v) is 24.8. The van der Waals surface area contributed by atoms with Gasteiger partial charge in [-0.1, -0.05) is 63.1 Å². The van der Waals surface area contributed by atoms with Gasteiger partial charge in [-0.2, -0.15) is 16.3 Å². The van der Waals surface area contributed by atoms with E-state index in [-0.39, 0.29) is 41.0 Å². The smallest absolute Gasteiger partial charge is 0.261 e. The average Bonchev–Trinajstić information content (AvgIpc) is 3.66. The predicted molar refractivity (Wildman–Crippen MR) is 240 cm³/mol. The molecule has 0 fully saturated rings. The minimum Gasteiger partial charge on any atom is -0.748 e. The molecule has 3 aromatic rings. The van der Waals surface area contributed by atoms with Gasteiger partial charge in [-0.25, -0.2) is 16.8 Å². The number of rotatable bonds is 19. The third kappa shape index (κ3) is 10.3. The summed E-state index contributed by atoms with van der Waals surface area (Å²) < 4.78 is 71.7. The summed E-state index contributed by atoms with van der Waals surface area (Å²) in [5.41, 5.74) is 6.13. The largest absolute Gasteiger partial charge is 0.748 e. The zero-order valence-corrected chi connectivity index (χ0v) is 38.1. The Balaban J connectivity index is 0.986. The molecule has 0 aliphatic carbocycles. The topological polar surface area (TPSA) is 187 Å². The molecule has 0 radical (unpaired) electrons. The van der Waals surface area contributed by atoms with Crippen LogP contribution in [0.2, 0.25) is 0 Å². The number of hydrogen-bond donors (Lipinski definition) is 1. The zero-order valence-electron chi connectivity index (χ0n) is 35.7. The van der Waals surface area contributed by atoms with E-state index in [1.54, 1.807) is 42.1 Å². The van der Waals surface area contributed by atoms with Crippen LogP contribution in [0.1, 0.15) is 97.2 Å². The van der Waals surface area contributed by atoms with Crippen LogP contribution in [0.4, 0.5) is 11.4 Å². The van der Waals surface area contributed by atoms with Gasteiger partial charge in [-0.15, -0.1) is 0 Å². The summed E-state index contributed by atoms with van der Waals surface area (Å²) in [6.45, 7) is 9.12. The molecule has 6 rings (SSSR count). The van der Waals surface area contributed by atoms with Crippen LogP contribution in [-0.4, -0.2) is 96.2 Å². The van der Waals surface area contributed by atoms with Crippen LogP contribution < -0.4 is 10.2 Å². The number of carbonyl (C=O) groups excluding carboxylic acids is 3. The van der Waals surface area contributed by atoms with E-state index >= 15 is 0 Å². The lowest BCUT2D eigenvalue weighted by Crippen LogP contribution is -2.30. The molecule has 0 saturated carbocycles. The quantitative estimate of drug-likeness (QED) is 0.0453. The normalized spacial score (nSPS) is 17.5. The summed E-state index contributed by atoms with van der Waals surface area (Å²) in [6.07, 6.45) is 13.2. The molecule has 330 valence electrons. The highest BCUT2D eigenvalue weighted by Crippen LogP contribution is 2.48. The highest BCUT2D eigenvalue weighted by molar-refractivity contribution is 7.99. The first-order chi connectivity index (χ1) is 29.2. The third-order valence-corrected chi connectivity index (χ3v) is 14.4. The SMILES string of the molecule is C[N+]1=C(/C=C/C=C/C=C2\N(CCCS(=O)(=O)[O-])c3ccc(S(=O)(=O)[O-])cc3C2(C)C)C(C)(C)c2cc(CNC(=O)CSCCCCCCN3C(=O)c4ccccc4C3=O)ccc21. The van der Waals surface area contributed by atoms with Crippen LogP contribution in [0, 0.1) is 0 Å². The Hall–Kier alpha value is -4.87. The van der Waals surface area contributed by atoms with Crippen molar-refractivity contribution < 1.29 is 44.9 Å². The van der Waals surface area contributed by atoms with E-state index in [1.807, 2.05) is 62.2 Å². The Morgan fingerprint density at radius 1 is 0.790 bits per heavy atom. The number of hydrogen-bond acceptors (Lipinski definition) is 11. The minimum absolute atomic E-state index is 0.0296. The summed E-state index contributed by atoms with van der Waals surface area (Å²) >= 11 is 1.59. The van der Waals surface area contributed by atoms with Gasteiger partial charge in [0.2, 0.25) is 11.6 Å². The number of nitrogens with one attached hydrogen (secondary N) is 1. The molecule has 3 amide bonds. The van der Waals surface area contributed by atoms with E-state index in [1.165, 1.54) is 17.0 Å². The fourth-order valence-electron chi connectivity index (χ4n) is 8.49. The van der Waals surface area contributed by atoms with E-state index < -0.39 is 31.4 Å². The van der Waals surface area contributed by atoms with Gasteiger partial charge in [0.1, 0.15) is 17.2 Å². The molecule has 3 heterocycles. The number of amides is 3. The van der Waals surface area contributed by atoms with Crippen molar-refractivity contribution in [2.45, 2.75) is 82.1 Å². The van der Waals surface area contributed by atoms with E-state index in [0.29, 0.717) is 41.2 Å². The molecule has 0 unspecified atom stereocenters. The fourth-order valence-corrected chi connectivity index (χ4v) is 10.3. The zero-order chi connectivity index (χ0) is 45.0. The maximum atomic E-state index is 12.7. The molecular weight excluding hydrogens is 849 g/mol. The van der Waals surface area contributed by atoms with Gasteiger partial charge in [0.05, 0.1) is 37.3 Å². The van der Waals surface area contributed by atoms with Crippen molar-refractivity contribution in [3.05, 3.63) is 125 Å². The van der Waals surface area contributed by atoms with Gasteiger partial charge in [0.25, 0.3) is 11.8 Å². The second kappa shape index (κ2) is 18.9. The number of unbranched alkanes of at least 4 members (excludes halogenated alkanes) is 3. The molecule has 0 aromatic heterocycles. The van der Waals surface area contributed by atoms with Gasteiger partial charge < -0.3 is 19.3 Å². The second-order valence-corrected chi connectivity index (χ2v) is 20.8. The Bertz CT molecular complexity index is 2580. The first-order valence-electron chi connectivity index (χ1n) is 20.6. The lowest BCUT2D eigenvalue weighted by atomic mass is 9.81. The maximum absolute atomic E-state index is 12.7. The van der Waals surface area contributed by atoms with Gasteiger partial charge in [0.15, 0.2) is 5.71 Å². The van der Waals surface area contributed by atoms with E-state index in [4.69, 9.17) is 0 Å². The summed E-state index contributed by atoms with van der Waals surface area (Å²) in [5.74, 6) is 0.199. The van der Waals surface area contributed by atoms with Crippen LogP contribution in [-0.2, 0) is 42.4 Å². The second-order valence-electron chi connectivity index (χ2n) is 16.8. The van der Waals surface area contributed by atoms with Crippen molar-refractivity contribution in [2.24, 2.45) is 0 Å². The molecule has 1 N–H and O–H groups in total. The van der Waals surface area contributed by atoms with E-state index in [9.17, 15) is 40.3 Å². The Labute approximate surface area is 369 Å². The molecule has 3 aliphatic heterocycles. The summed E-state index contributed by atoms with van der Waals surface area (Å²) in [4.78, 5) is 40.6. The van der Waals surface area contributed by atoms with Gasteiger partial charge in [-0.05, 0) is 92.5 Å². The van der Waals surface area contributed by atoms with Crippen molar-refractivity contribution in [1.29, 1.82) is 0 Å². The van der Waals surface area contributed by atoms with Crippen molar-refractivity contribution >= 4 is 66.8 Å². The first kappa shape index (κ1) is 46.6. The van der Waals surface area contributed by atoms with Crippen LogP contribution in [0.3, 0.4) is 0 Å². The molecule has 62 heavy (non-hydrogen) atoms. The Kier molecular flexibility index (Phi) is 14.2. The summed E-state index contributed by atoms with van der Waals surface area (Å²) in [7, 11) is -7.12. The number of allylic oxidation sites excluding steroid dienone is 6. The molecule has 13 nitrogen and oxygen atoms in total. The molecule has 0 atom stereocenters. The summed E-state index contributed by atoms with van der Waals surface area (Å²) in [6, 6.07) is 17.3. The van der Waals surface area contributed by atoms with E-state index in [2.05, 4.69) is 35.9 Å². The lowest BCUT2D eigenvalue weighted by Gasteiger charge is -2.27. The number of anilines is 1. The average molecular weight is 902 g/mol. The Morgan fingerprint density at radius 2 is 1.47 bits per heavy atom. The van der Waals surface area contributed by atoms with E-state index in [0.717, 1.165) is 59.7 Å². The Morgan fingerprint density at radius 3 is 2.15 bits per heavy atom. The van der Waals surface area contributed by atoms with Crippen molar-refractivity contribution in [3.8, 4) is 0 Å². The van der Waals surface area contributed by atoms with Crippen molar-refractivity contribution in [1.82, 2.24) is 10.2 Å². The van der Waals surface area contributed by atoms with Crippen LogP contribution in [0.5, 0.6) is 0 Å². The van der Waals surface area contributed by atoms with Gasteiger partial charge in [-0.3, -0.25) is 19.3 Å². The monoisotopic (exact) mass is 901 g/mol. The van der Waals surface area contributed by atoms with Crippen LogP contribution >= 0.6 is 11.8 Å². The maximum Gasteiger partial charge on any atom is 0.261 e. The highest BCUT2D eigenvalue weighted by Gasteiger charge is 2.43. The van der Waals surface area contributed by atoms with Crippen LogP contribution in [0.25, 0.3) is 0 Å². The predicted octanol–water partition coefficient (Wildman–Crippen LogP) is 6.53. The van der Waals surface area contributed by atoms with Gasteiger partial charge >= 0.3 is 0 Å². The minimum atomic E-state index is -4.71. The number of fused-ring (bicyclic) bond motifs is 3. The molecule has 0 saturated heterocycles. The molecule has 3 aliphatic rings. The molecule has 16 heteroatoms.